The van der Waals surface area contributed by atoms with Crippen LogP contribution in [0.2, 0.25) is 0 Å². The fourth-order valence-electron chi connectivity index (χ4n) is 6.89. The molecule has 0 aliphatic heterocycles. The van der Waals surface area contributed by atoms with E-state index in [1.54, 1.807) is 22.7 Å². The van der Waals surface area contributed by atoms with Crippen molar-refractivity contribution >= 4 is 34.5 Å². The largest absolute Gasteiger partial charge is 0.351 e. The summed E-state index contributed by atoms with van der Waals surface area (Å²) in [5.74, 6) is 0.174. The van der Waals surface area contributed by atoms with Crippen LogP contribution in [0.1, 0.15) is 107 Å². The van der Waals surface area contributed by atoms with Gasteiger partial charge in [-0.3, -0.25) is 9.59 Å². The minimum Gasteiger partial charge on any atom is -0.351 e. The summed E-state index contributed by atoms with van der Waals surface area (Å²) in [6.45, 7) is 7.53. The van der Waals surface area contributed by atoms with E-state index < -0.39 is 0 Å². The highest BCUT2D eigenvalue weighted by Crippen LogP contribution is 2.46. The van der Waals surface area contributed by atoms with Crippen LogP contribution in [-0.4, -0.2) is 24.4 Å². The second-order valence-electron chi connectivity index (χ2n) is 11.9. The third kappa shape index (κ3) is 4.99. The van der Waals surface area contributed by atoms with Crippen LogP contribution in [0.15, 0.2) is 10.8 Å². The van der Waals surface area contributed by atoms with Gasteiger partial charge in [0.05, 0.1) is 11.1 Å². The first kappa shape index (κ1) is 24.1. The van der Waals surface area contributed by atoms with Crippen molar-refractivity contribution < 1.29 is 9.59 Å². The van der Waals surface area contributed by atoms with E-state index in [4.69, 9.17) is 0 Å². The summed E-state index contributed by atoms with van der Waals surface area (Å²) in [4.78, 5) is 29.2. The van der Waals surface area contributed by atoms with Gasteiger partial charge < -0.3 is 10.6 Å². The Morgan fingerprint density at radius 3 is 2.03 bits per heavy atom. The van der Waals surface area contributed by atoms with Gasteiger partial charge in [0, 0.05) is 33.1 Å². The number of fused-ring (bicyclic) bond motifs is 2. The molecule has 2 atom stereocenters. The van der Waals surface area contributed by atoms with Gasteiger partial charge in [-0.15, -0.1) is 22.7 Å². The fourth-order valence-corrected chi connectivity index (χ4v) is 9.14. The maximum absolute atomic E-state index is 13.3. The number of thiophene rings is 2. The molecule has 2 aromatic rings. The first-order valence-electron chi connectivity index (χ1n) is 13.0. The van der Waals surface area contributed by atoms with E-state index in [2.05, 4.69) is 42.2 Å². The summed E-state index contributed by atoms with van der Waals surface area (Å²) in [5, 5.41) is 10.8. The Morgan fingerprint density at radius 2 is 1.41 bits per heavy atom. The van der Waals surface area contributed by atoms with Gasteiger partial charge in [0.25, 0.3) is 11.8 Å². The fraction of sp³-hybridized carbons (Fsp3) is 0.643. The first-order chi connectivity index (χ1) is 16.2. The molecule has 6 heteroatoms. The Labute approximate surface area is 211 Å². The number of amides is 2. The van der Waals surface area contributed by atoms with Crippen LogP contribution in [0.25, 0.3) is 0 Å². The SMILES string of the molecule is CC1(C)C[C@H](NC(=O)c2csc3c2CCCC3)C[C@](C)(CNC(=O)c2csc3c2CCCC3)C1. The van der Waals surface area contributed by atoms with Crippen LogP contribution >= 0.6 is 22.7 Å². The Balaban J connectivity index is 1.25. The summed E-state index contributed by atoms with van der Waals surface area (Å²) >= 11 is 3.50. The third-order valence-corrected chi connectivity index (χ3v) is 10.2. The van der Waals surface area contributed by atoms with E-state index >= 15 is 0 Å². The standard InChI is InChI=1S/C28H38N2O2S2/c1-27(2)12-18(30-26(32)22-15-34-24-11-7-5-9-20(22)24)13-28(3,16-27)17-29-25(31)21-14-33-23-10-6-4-8-19(21)23/h14-15,18H,4-13,16-17H2,1-3H3,(H,29,31)(H,30,32)/t18-,28-/m0/s1. The number of carbonyl (C=O) groups is 2. The van der Waals surface area contributed by atoms with Crippen molar-refractivity contribution in [1.29, 1.82) is 0 Å². The Hall–Kier alpha value is -1.66. The molecule has 2 aromatic heterocycles. The van der Waals surface area contributed by atoms with Gasteiger partial charge in [-0.25, -0.2) is 0 Å². The highest BCUT2D eigenvalue weighted by molar-refractivity contribution is 7.10. The number of aryl methyl sites for hydroxylation is 2. The van der Waals surface area contributed by atoms with Gasteiger partial charge >= 0.3 is 0 Å². The monoisotopic (exact) mass is 498 g/mol. The molecule has 184 valence electrons. The summed E-state index contributed by atoms with van der Waals surface area (Å²) in [7, 11) is 0. The van der Waals surface area contributed by atoms with Gasteiger partial charge in [-0.2, -0.15) is 0 Å². The number of hydrogen-bond donors (Lipinski definition) is 2. The van der Waals surface area contributed by atoms with Crippen LogP contribution in [0.5, 0.6) is 0 Å². The van der Waals surface area contributed by atoms with Crippen LogP contribution in [0, 0.1) is 10.8 Å². The van der Waals surface area contributed by atoms with E-state index in [1.807, 2.05) is 0 Å². The Bertz CT molecular complexity index is 1080. The molecule has 0 bridgehead atoms. The van der Waals surface area contributed by atoms with Crippen molar-refractivity contribution in [2.24, 2.45) is 10.8 Å². The highest BCUT2D eigenvalue weighted by Gasteiger charge is 2.42. The lowest BCUT2D eigenvalue weighted by Gasteiger charge is -2.47. The summed E-state index contributed by atoms with van der Waals surface area (Å²) in [6.07, 6.45) is 12.1. The van der Waals surface area contributed by atoms with Crippen LogP contribution in [0.3, 0.4) is 0 Å². The predicted octanol–water partition coefficient (Wildman–Crippen LogP) is 6.31. The Kier molecular flexibility index (Phi) is 6.66. The molecule has 3 aliphatic rings. The molecule has 3 aliphatic carbocycles. The molecule has 0 saturated heterocycles. The van der Waals surface area contributed by atoms with Crippen molar-refractivity contribution in [3.63, 3.8) is 0 Å². The van der Waals surface area contributed by atoms with E-state index in [9.17, 15) is 9.59 Å². The lowest BCUT2D eigenvalue weighted by atomic mass is 9.62. The maximum Gasteiger partial charge on any atom is 0.252 e. The van der Waals surface area contributed by atoms with Gasteiger partial charge in [-0.1, -0.05) is 20.8 Å². The molecule has 2 amide bonds. The molecule has 2 N–H and O–H groups in total. The molecule has 0 unspecified atom stereocenters. The summed E-state index contributed by atoms with van der Waals surface area (Å²) < 4.78 is 0. The third-order valence-electron chi connectivity index (χ3n) is 8.07. The van der Waals surface area contributed by atoms with E-state index in [1.165, 1.54) is 46.6 Å². The molecular formula is C28H38N2O2S2. The number of rotatable bonds is 5. The van der Waals surface area contributed by atoms with Gasteiger partial charge in [0.1, 0.15) is 0 Å². The second kappa shape index (κ2) is 9.42. The van der Waals surface area contributed by atoms with Crippen LogP contribution in [0.4, 0.5) is 0 Å². The molecule has 5 rings (SSSR count). The van der Waals surface area contributed by atoms with Crippen molar-refractivity contribution in [2.75, 3.05) is 6.54 Å². The topological polar surface area (TPSA) is 58.2 Å². The minimum atomic E-state index is -0.0421. The van der Waals surface area contributed by atoms with Crippen LogP contribution < -0.4 is 10.6 Å². The Morgan fingerprint density at radius 1 is 0.853 bits per heavy atom. The quantitative estimate of drug-likeness (QED) is 0.507. The second-order valence-corrected chi connectivity index (χ2v) is 13.9. The van der Waals surface area contributed by atoms with Gasteiger partial charge in [0.2, 0.25) is 0 Å². The lowest BCUT2D eigenvalue weighted by molar-refractivity contribution is 0.0591. The van der Waals surface area contributed by atoms with Gasteiger partial charge in [0.15, 0.2) is 0 Å². The average molecular weight is 499 g/mol. The lowest BCUT2D eigenvalue weighted by Crippen LogP contribution is -2.50. The molecule has 4 nitrogen and oxygen atoms in total. The number of nitrogens with one attached hydrogen (secondary N) is 2. The molecule has 2 heterocycles. The average Bonchev–Trinajstić information content (AvgIpc) is 3.41. The zero-order chi connectivity index (χ0) is 23.9. The number of hydrogen-bond acceptors (Lipinski definition) is 4. The molecule has 34 heavy (non-hydrogen) atoms. The van der Waals surface area contributed by atoms with E-state index in [-0.39, 0.29) is 28.7 Å². The minimum absolute atomic E-state index is 0.0421. The molecule has 1 fully saturated rings. The van der Waals surface area contributed by atoms with Crippen molar-refractivity contribution in [3.05, 3.63) is 42.8 Å². The van der Waals surface area contributed by atoms with E-state index in [0.29, 0.717) is 6.54 Å². The van der Waals surface area contributed by atoms with Crippen molar-refractivity contribution in [2.45, 2.75) is 97.4 Å². The van der Waals surface area contributed by atoms with Crippen molar-refractivity contribution in [3.8, 4) is 0 Å². The molecule has 0 spiro atoms. The maximum atomic E-state index is 13.3. The highest BCUT2D eigenvalue weighted by atomic mass is 32.1. The smallest absolute Gasteiger partial charge is 0.252 e. The normalized spacial score (nSPS) is 25.8. The zero-order valence-electron chi connectivity index (χ0n) is 20.9. The first-order valence-corrected chi connectivity index (χ1v) is 14.8. The van der Waals surface area contributed by atoms with Crippen LogP contribution in [-0.2, 0) is 25.7 Å². The van der Waals surface area contributed by atoms with Crippen molar-refractivity contribution in [1.82, 2.24) is 10.6 Å². The zero-order valence-corrected chi connectivity index (χ0v) is 22.5. The number of carbonyl (C=O) groups excluding carboxylic acids is 2. The molecule has 1 saturated carbocycles. The molecule has 0 radical (unpaired) electrons. The van der Waals surface area contributed by atoms with Gasteiger partial charge in [-0.05, 0) is 92.6 Å². The predicted molar refractivity (Wildman–Crippen MR) is 141 cm³/mol. The van der Waals surface area contributed by atoms with E-state index in [0.717, 1.165) is 56.1 Å². The summed E-state index contributed by atoms with van der Waals surface area (Å²) in [5.41, 5.74) is 4.45. The summed E-state index contributed by atoms with van der Waals surface area (Å²) in [6, 6.07) is 0.131. The molecular weight excluding hydrogens is 460 g/mol. The molecule has 0 aromatic carbocycles.